The molecule has 0 amide bonds. The van der Waals surface area contributed by atoms with Crippen molar-refractivity contribution < 1.29 is 22.0 Å². The van der Waals surface area contributed by atoms with Crippen molar-refractivity contribution in [3.63, 3.8) is 0 Å². The van der Waals surface area contributed by atoms with Crippen LogP contribution in [0.1, 0.15) is 5.56 Å². The molecule has 0 bridgehead atoms. The maximum atomic E-state index is 12.5. The predicted molar refractivity (Wildman–Crippen MR) is 39.2 cm³/mol. The Labute approximate surface area is 75.9 Å². The van der Waals surface area contributed by atoms with Gasteiger partial charge in [-0.15, -0.1) is 0 Å². The van der Waals surface area contributed by atoms with E-state index < -0.39 is 29.1 Å². The summed E-state index contributed by atoms with van der Waals surface area (Å²) in [6, 6.07) is 0.401. The van der Waals surface area contributed by atoms with Gasteiger partial charge in [0.25, 0.3) is 0 Å². The van der Waals surface area contributed by atoms with Crippen LogP contribution in [-0.2, 0) is 0 Å². The van der Waals surface area contributed by atoms with Crippen molar-refractivity contribution in [2.75, 3.05) is 0 Å². The summed E-state index contributed by atoms with van der Waals surface area (Å²) in [5.41, 5.74) is -1.85. The van der Waals surface area contributed by atoms with Gasteiger partial charge in [0.1, 0.15) is 0 Å². The van der Waals surface area contributed by atoms with Gasteiger partial charge in [0.05, 0.1) is 5.57 Å². The van der Waals surface area contributed by atoms with E-state index in [2.05, 4.69) is 11.6 Å². The molecule has 0 aliphatic heterocycles. The van der Waals surface area contributed by atoms with Crippen LogP contribution in [0.15, 0.2) is 18.8 Å². The lowest BCUT2D eigenvalue weighted by Gasteiger charge is -2.09. The van der Waals surface area contributed by atoms with Gasteiger partial charge in [-0.3, -0.25) is 0 Å². The minimum atomic E-state index is -4.67. The summed E-state index contributed by atoms with van der Waals surface area (Å²) < 4.78 is 60.8. The first-order valence-electron chi connectivity index (χ1n) is 3.40. The van der Waals surface area contributed by atoms with Gasteiger partial charge in [-0.05, 0) is 6.07 Å². The van der Waals surface area contributed by atoms with E-state index in [4.69, 9.17) is 0 Å². The van der Waals surface area contributed by atoms with Crippen LogP contribution in [0.5, 0.6) is 0 Å². The Hall–Kier alpha value is -1.46. The van der Waals surface area contributed by atoms with E-state index in [0.717, 1.165) is 0 Å². The number of alkyl halides is 3. The smallest absolute Gasteiger partial charge is 0.225 e. The van der Waals surface area contributed by atoms with E-state index in [1.165, 1.54) is 0 Å². The highest BCUT2D eigenvalue weighted by atomic mass is 19.4. The minimum Gasteiger partial charge on any atom is -0.225 e. The van der Waals surface area contributed by atoms with E-state index in [0.29, 0.717) is 12.3 Å². The zero-order valence-electron chi connectivity index (χ0n) is 6.70. The number of rotatable bonds is 1. The first kappa shape index (κ1) is 10.6. The first-order valence-corrected chi connectivity index (χ1v) is 3.40. The molecular formula is C8H4F5N. The van der Waals surface area contributed by atoms with Crippen LogP contribution in [0.2, 0.25) is 0 Å². The normalized spacial score (nSPS) is 11.5. The number of hydrogen-bond acceptors (Lipinski definition) is 1. The lowest BCUT2D eigenvalue weighted by Crippen LogP contribution is -2.10. The monoisotopic (exact) mass is 209 g/mol. The lowest BCUT2D eigenvalue weighted by molar-refractivity contribution is -0.0687. The average molecular weight is 209 g/mol. The molecule has 0 aliphatic rings. The molecular weight excluding hydrogens is 205 g/mol. The molecule has 0 aromatic carbocycles. The standard InChI is InChI=1S/C8H4F5N/c1-4(8(11,12)13)5-2-6(9)7(10)14-3-5/h2-3H,1H2. The summed E-state index contributed by atoms with van der Waals surface area (Å²) in [7, 11) is 0. The van der Waals surface area contributed by atoms with Crippen LogP contribution in [0.4, 0.5) is 22.0 Å². The fraction of sp³-hybridized carbons (Fsp3) is 0.125. The SMILES string of the molecule is C=C(c1cnc(F)c(F)c1)C(F)(F)F. The Morgan fingerprint density at radius 3 is 2.29 bits per heavy atom. The number of allylic oxidation sites excluding steroid dienone is 1. The summed E-state index contributed by atoms with van der Waals surface area (Å²) >= 11 is 0. The molecule has 0 saturated carbocycles. The van der Waals surface area contributed by atoms with E-state index in [9.17, 15) is 22.0 Å². The van der Waals surface area contributed by atoms with Crippen molar-refractivity contribution in [1.29, 1.82) is 0 Å². The predicted octanol–water partition coefficient (Wildman–Crippen LogP) is 2.94. The molecule has 0 N–H and O–H groups in total. The van der Waals surface area contributed by atoms with Gasteiger partial charge in [0.15, 0.2) is 5.82 Å². The Bertz CT molecular complexity index is 368. The second-order valence-corrected chi connectivity index (χ2v) is 2.47. The Kier molecular flexibility index (Phi) is 2.55. The van der Waals surface area contributed by atoms with Crippen molar-refractivity contribution in [2.24, 2.45) is 0 Å². The molecule has 0 saturated heterocycles. The van der Waals surface area contributed by atoms with Gasteiger partial charge < -0.3 is 0 Å². The molecule has 1 aromatic heterocycles. The fourth-order valence-corrected chi connectivity index (χ4v) is 0.750. The molecule has 0 fully saturated rings. The second kappa shape index (κ2) is 3.36. The summed E-state index contributed by atoms with van der Waals surface area (Å²) in [6.45, 7) is 2.71. The highest BCUT2D eigenvalue weighted by Crippen LogP contribution is 2.31. The quantitative estimate of drug-likeness (QED) is 0.511. The van der Waals surface area contributed by atoms with Crippen molar-refractivity contribution >= 4 is 5.57 Å². The van der Waals surface area contributed by atoms with Gasteiger partial charge in [0.2, 0.25) is 5.95 Å². The third-order valence-electron chi connectivity index (χ3n) is 1.49. The van der Waals surface area contributed by atoms with Crippen LogP contribution < -0.4 is 0 Å². The molecule has 1 nitrogen and oxygen atoms in total. The van der Waals surface area contributed by atoms with Crippen LogP contribution >= 0.6 is 0 Å². The van der Waals surface area contributed by atoms with Gasteiger partial charge in [-0.2, -0.15) is 17.6 Å². The van der Waals surface area contributed by atoms with E-state index in [1.807, 2.05) is 0 Å². The number of pyridine rings is 1. The minimum absolute atomic E-state index is 0.401. The molecule has 0 unspecified atom stereocenters. The molecule has 14 heavy (non-hydrogen) atoms. The molecule has 0 aliphatic carbocycles. The van der Waals surface area contributed by atoms with E-state index >= 15 is 0 Å². The number of aromatic nitrogens is 1. The average Bonchev–Trinajstić information content (AvgIpc) is 2.07. The molecule has 1 heterocycles. The fourth-order valence-electron chi connectivity index (χ4n) is 0.750. The maximum absolute atomic E-state index is 12.5. The molecule has 76 valence electrons. The Morgan fingerprint density at radius 1 is 1.29 bits per heavy atom. The van der Waals surface area contributed by atoms with Crippen molar-refractivity contribution in [3.05, 3.63) is 36.2 Å². The van der Waals surface area contributed by atoms with Gasteiger partial charge in [-0.1, -0.05) is 6.58 Å². The molecule has 0 atom stereocenters. The summed E-state index contributed by atoms with van der Waals surface area (Å²) in [6.07, 6.45) is -4.10. The van der Waals surface area contributed by atoms with Gasteiger partial charge in [0, 0.05) is 11.8 Å². The van der Waals surface area contributed by atoms with E-state index in [-0.39, 0.29) is 0 Å². The van der Waals surface area contributed by atoms with Crippen molar-refractivity contribution in [3.8, 4) is 0 Å². The van der Waals surface area contributed by atoms with E-state index in [1.54, 1.807) is 0 Å². The molecule has 1 rings (SSSR count). The van der Waals surface area contributed by atoms with Crippen molar-refractivity contribution in [1.82, 2.24) is 4.98 Å². The summed E-state index contributed by atoms with van der Waals surface area (Å²) in [5, 5.41) is 0. The van der Waals surface area contributed by atoms with Crippen molar-refractivity contribution in [2.45, 2.75) is 6.18 Å². The number of nitrogens with zero attached hydrogens (tertiary/aromatic N) is 1. The third-order valence-corrected chi connectivity index (χ3v) is 1.49. The molecule has 1 aromatic rings. The zero-order valence-corrected chi connectivity index (χ0v) is 6.70. The Balaban J connectivity index is 3.10. The van der Waals surface area contributed by atoms with Gasteiger partial charge in [-0.25, -0.2) is 9.37 Å². The van der Waals surface area contributed by atoms with Crippen LogP contribution in [0.25, 0.3) is 5.57 Å². The Morgan fingerprint density at radius 2 is 1.86 bits per heavy atom. The summed E-state index contributed by atoms with van der Waals surface area (Å²) in [5.74, 6) is -2.88. The third kappa shape index (κ3) is 2.07. The zero-order chi connectivity index (χ0) is 10.9. The largest absolute Gasteiger partial charge is 0.416 e. The first-order chi connectivity index (χ1) is 6.32. The topological polar surface area (TPSA) is 12.9 Å². The lowest BCUT2D eigenvalue weighted by atomic mass is 10.1. The molecule has 0 spiro atoms. The van der Waals surface area contributed by atoms with Crippen LogP contribution in [-0.4, -0.2) is 11.2 Å². The van der Waals surface area contributed by atoms with Crippen LogP contribution in [0, 0.1) is 11.8 Å². The summed E-state index contributed by atoms with van der Waals surface area (Å²) in [4.78, 5) is 2.81. The highest BCUT2D eigenvalue weighted by molar-refractivity contribution is 5.66. The number of hydrogen-bond donors (Lipinski definition) is 0. The maximum Gasteiger partial charge on any atom is 0.416 e. The second-order valence-electron chi connectivity index (χ2n) is 2.47. The number of halogens is 5. The molecule has 6 heteroatoms. The van der Waals surface area contributed by atoms with Crippen LogP contribution in [0.3, 0.4) is 0 Å². The van der Waals surface area contributed by atoms with Gasteiger partial charge >= 0.3 is 6.18 Å². The molecule has 0 radical (unpaired) electrons. The highest BCUT2D eigenvalue weighted by Gasteiger charge is 2.33.